The van der Waals surface area contributed by atoms with Gasteiger partial charge >= 0.3 is 0 Å². The first-order valence-electron chi connectivity index (χ1n) is 11.7. The predicted octanol–water partition coefficient (Wildman–Crippen LogP) is 4.52. The number of likely N-dealkylation sites (tertiary alicyclic amines) is 1. The molecule has 0 unspecified atom stereocenters. The fourth-order valence-corrected chi connectivity index (χ4v) is 6.15. The smallest absolute Gasteiger partial charge is 0.164 e. The van der Waals surface area contributed by atoms with Gasteiger partial charge in [-0.1, -0.05) is 11.6 Å². The number of aryl methyl sites for hydroxylation is 1. The second kappa shape index (κ2) is 8.06. The second-order valence-corrected chi connectivity index (χ2v) is 10.3. The minimum absolute atomic E-state index is 0.132. The van der Waals surface area contributed by atoms with Crippen molar-refractivity contribution in [1.82, 2.24) is 19.5 Å². The van der Waals surface area contributed by atoms with E-state index in [9.17, 15) is 9.18 Å². The number of aromatic nitrogens is 3. The third-order valence-electron chi connectivity index (χ3n) is 7.45. The molecule has 33 heavy (non-hydrogen) atoms. The van der Waals surface area contributed by atoms with Crippen LogP contribution in [0.25, 0.3) is 5.65 Å². The van der Waals surface area contributed by atoms with E-state index in [0.717, 1.165) is 63.1 Å². The van der Waals surface area contributed by atoms with Crippen LogP contribution in [0, 0.1) is 11.2 Å². The Morgan fingerprint density at radius 1 is 1.24 bits per heavy atom. The van der Waals surface area contributed by atoms with Crippen LogP contribution in [0.5, 0.6) is 5.75 Å². The van der Waals surface area contributed by atoms with Gasteiger partial charge in [-0.15, -0.1) is 10.2 Å². The molecule has 6 rings (SSSR count). The number of hydrogen-bond acceptors (Lipinski definition) is 5. The van der Waals surface area contributed by atoms with Crippen LogP contribution < -0.4 is 4.74 Å². The maximum absolute atomic E-state index is 14.2. The molecule has 1 aliphatic heterocycles. The highest BCUT2D eigenvalue weighted by molar-refractivity contribution is 6.34. The summed E-state index contributed by atoms with van der Waals surface area (Å²) in [7, 11) is 0. The highest BCUT2D eigenvalue weighted by Crippen LogP contribution is 2.50. The summed E-state index contributed by atoms with van der Waals surface area (Å²) in [6, 6.07) is 5.51. The van der Waals surface area contributed by atoms with Crippen molar-refractivity contribution in [2.45, 2.75) is 51.0 Å². The van der Waals surface area contributed by atoms with E-state index >= 15 is 0 Å². The van der Waals surface area contributed by atoms with E-state index in [1.54, 1.807) is 16.5 Å². The van der Waals surface area contributed by atoms with Crippen molar-refractivity contribution in [1.29, 1.82) is 0 Å². The van der Waals surface area contributed by atoms with E-state index in [4.69, 9.17) is 16.3 Å². The van der Waals surface area contributed by atoms with Crippen LogP contribution >= 0.6 is 11.6 Å². The first-order valence-corrected chi connectivity index (χ1v) is 12.1. The number of fused-ring (bicyclic) bond motifs is 2. The van der Waals surface area contributed by atoms with Crippen LogP contribution in [0.2, 0.25) is 5.02 Å². The van der Waals surface area contributed by atoms with E-state index in [2.05, 4.69) is 15.1 Å². The molecule has 1 saturated heterocycles. The molecule has 6 nitrogen and oxygen atoms in total. The van der Waals surface area contributed by atoms with E-state index < -0.39 is 0 Å². The minimum Gasteiger partial charge on any atom is -0.490 e. The van der Waals surface area contributed by atoms with E-state index in [0.29, 0.717) is 40.1 Å². The summed E-state index contributed by atoms with van der Waals surface area (Å²) in [6.07, 6.45) is 9.17. The van der Waals surface area contributed by atoms with Crippen LogP contribution in [0.3, 0.4) is 0 Å². The van der Waals surface area contributed by atoms with Gasteiger partial charge in [0.05, 0.1) is 11.1 Å². The van der Waals surface area contributed by atoms with Gasteiger partial charge in [-0.3, -0.25) is 9.20 Å². The van der Waals surface area contributed by atoms with Crippen LogP contribution in [0.1, 0.15) is 53.6 Å². The normalized spacial score (nSPS) is 20.0. The topological polar surface area (TPSA) is 59.7 Å². The van der Waals surface area contributed by atoms with Crippen LogP contribution in [-0.4, -0.2) is 51.0 Å². The van der Waals surface area contributed by atoms with Gasteiger partial charge in [-0.2, -0.15) is 0 Å². The van der Waals surface area contributed by atoms with Gasteiger partial charge in [0.2, 0.25) is 0 Å². The summed E-state index contributed by atoms with van der Waals surface area (Å²) in [5, 5.41) is 8.36. The van der Waals surface area contributed by atoms with Crippen molar-refractivity contribution >= 4 is 23.0 Å². The Labute approximate surface area is 196 Å². The van der Waals surface area contributed by atoms with Gasteiger partial charge in [0.15, 0.2) is 11.4 Å². The lowest BCUT2D eigenvalue weighted by atomic mass is 9.61. The SMILES string of the molecule is O=C1CCCc2c(OC3CC4(C3)CN(CCCc3cc5nncn5cc3F)C4)ccc(Cl)c21. The molecule has 2 aliphatic carbocycles. The van der Waals surface area contributed by atoms with Crippen molar-refractivity contribution in [3.05, 3.63) is 58.3 Å². The molecule has 0 atom stereocenters. The maximum atomic E-state index is 14.2. The monoisotopic (exact) mass is 468 g/mol. The molecular weight excluding hydrogens is 443 g/mol. The van der Waals surface area contributed by atoms with Crippen molar-refractivity contribution in [3.63, 3.8) is 0 Å². The molecule has 1 spiro atoms. The van der Waals surface area contributed by atoms with Crippen LogP contribution in [0.15, 0.2) is 30.7 Å². The van der Waals surface area contributed by atoms with Gasteiger partial charge in [0, 0.05) is 42.2 Å². The Bertz CT molecular complexity index is 1230. The first kappa shape index (κ1) is 21.1. The number of pyridine rings is 1. The van der Waals surface area contributed by atoms with Gasteiger partial charge in [0.1, 0.15) is 17.9 Å². The summed E-state index contributed by atoms with van der Waals surface area (Å²) < 4.78 is 22.2. The number of nitrogens with zero attached hydrogens (tertiary/aromatic N) is 4. The van der Waals surface area contributed by atoms with Gasteiger partial charge < -0.3 is 9.64 Å². The highest BCUT2D eigenvalue weighted by atomic mass is 35.5. The lowest BCUT2D eigenvalue weighted by Gasteiger charge is -2.58. The Balaban J connectivity index is 0.986. The zero-order valence-electron chi connectivity index (χ0n) is 18.4. The third-order valence-corrected chi connectivity index (χ3v) is 7.76. The molecule has 8 heteroatoms. The van der Waals surface area contributed by atoms with Crippen molar-refractivity contribution in [2.24, 2.45) is 5.41 Å². The summed E-state index contributed by atoms with van der Waals surface area (Å²) in [5.74, 6) is 0.769. The average molecular weight is 469 g/mol. The maximum Gasteiger partial charge on any atom is 0.164 e. The number of hydrogen-bond donors (Lipinski definition) is 0. The summed E-state index contributed by atoms with van der Waals surface area (Å²) in [5.41, 5.74) is 3.41. The lowest BCUT2D eigenvalue weighted by molar-refractivity contribution is -0.119. The molecular formula is C25H26ClFN4O2. The number of carbonyl (C=O) groups is 1. The Morgan fingerprint density at radius 2 is 2.09 bits per heavy atom. The number of ether oxygens (including phenoxy) is 1. The van der Waals surface area contributed by atoms with Crippen LogP contribution in [-0.2, 0) is 12.8 Å². The van der Waals surface area contributed by atoms with Gasteiger partial charge in [-0.25, -0.2) is 4.39 Å². The summed E-state index contributed by atoms with van der Waals surface area (Å²) in [4.78, 5) is 14.7. The summed E-state index contributed by atoms with van der Waals surface area (Å²) >= 11 is 6.29. The highest BCUT2D eigenvalue weighted by Gasteiger charge is 2.53. The number of rotatable bonds is 6. The number of halogens is 2. The van der Waals surface area contributed by atoms with E-state index in [-0.39, 0.29) is 17.7 Å². The number of Topliss-reactive ketones (excluding diaryl/α,β-unsaturated/α-hetero) is 1. The standard InChI is InChI=1S/C25H26ClFN4O2/c26-19-6-7-22(18-4-1-5-21(32)24(18)19)33-17-10-25(11-17)13-30(14-25)8-2-3-16-9-23-29-28-15-31(23)12-20(16)27/h6-7,9,12,15,17H,1-5,8,10-11,13-14H2. The van der Waals surface area contributed by atoms with Gasteiger partial charge in [0.25, 0.3) is 0 Å². The fourth-order valence-electron chi connectivity index (χ4n) is 5.87. The Hall–Kier alpha value is -2.51. The van der Waals surface area contributed by atoms with E-state index in [1.165, 1.54) is 12.5 Å². The van der Waals surface area contributed by atoms with Crippen molar-refractivity contribution < 1.29 is 13.9 Å². The molecule has 0 bridgehead atoms. The molecule has 2 fully saturated rings. The van der Waals surface area contributed by atoms with Gasteiger partial charge in [-0.05, 0) is 68.8 Å². The lowest BCUT2D eigenvalue weighted by Crippen LogP contribution is -2.64. The molecule has 0 amide bonds. The number of benzene rings is 1. The predicted molar refractivity (Wildman–Crippen MR) is 123 cm³/mol. The summed E-state index contributed by atoms with van der Waals surface area (Å²) in [6.45, 7) is 3.13. The molecule has 3 heterocycles. The molecule has 1 aromatic carbocycles. The minimum atomic E-state index is -0.201. The molecule has 172 valence electrons. The zero-order valence-corrected chi connectivity index (χ0v) is 19.2. The molecule has 0 radical (unpaired) electrons. The molecule has 0 N–H and O–H groups in total. The largest absolute Gasteiger partial charge is 0.490 e. The Kier molecular flexibility index (Phi) is 5.14. The third kappa shape index (κ3) is 3.81. The quantitative estimate of drug-likeness (QED) is 0.532. The second-order valence-electron chi connectivity index (χ2n) is 9.88. The van der Waals surface area contributed by atoms with Crippen LogP contribution in [0.4, 0.5) is 4.39 Å². The number of carbonyl (C=O) groups excluding carboxylic acids is 1. The zero-order chi connectivity index (χ0) is 22.6. The van der Waals surface area contributed by atoms with E-state index in [1.807, 2.05) is 6.07 Å². The molecule has 1 saturated carbocycles. The van der Waals surface area contributed by atoms with Crippen molar-refractivity contribution in [2.75, 3.05) is 19.6 Å². The molecule has 3 aliphatic rings. The Morgan fingerprint density at radius 3 is 2.94 bits per heavy atom. The van der Waals surface area contributed by atoms with Crippen molar-refractivity contribution in [3.8, 4) is 5.75 Å². The number of ketones is 1. The average Bonchev–Trinajstić information content (AvgIpc) is 3.19. The first-order chi connectivity index (χ1) is 16.0. The molecule has 3 aromatic rings. The fraction of sp³-hybridized carbons (Fsp3) is 0.480. The molecule has 2 aromatic heterocycles.